The second kappa shape index (κ2) is 10.5. The zero-order valence-electron chi connectivity index (χ0n) is 19.5. The summed E-state index contributed by atoms with van der Waals surface area (Å²) in [6, 6.07) is 0. The molecule has 0 radical (unpaired) electrons. The normalized spacial score (nSPS) is 20.6. The van der Waals surface area contributed by atoms with Gasteiger partial charge in [-0.25, -0.2) is 0 Å². The third kappa shape index (κ3) is 5.22. The van der Waals surface area contributed by atoms with E-state index in [1.807, 2.05) is 0 Å². The molecule has 0 aromatic carbocycles. The number of amides is 3. The Labute approximate surface area is 209 Å². The number of carbonyl (C=O) groups is 3. The van der Waals surface area contributed by atoms with E-state index in [4.69, 9.17) is 0 Å². The van der Waals surface area contributed by atoms with E-state index in [-0.39, 0.29) is 19.4 Å². The number of hydrogen-bond donors (Lipinski definition) is 1. The molecule has 20 heteroatoms. The van der Waals surface area contributed by atoms with Gasteiger partial charge in [0.25, 0.3) is 5.91 Å². The van der Waals surface area contributed by atoms with E-state index in [0.717, 1.165) is 10.2 Å². The Balaban J connectivity index is 3.00. The number of alkyl halides is 15. The van der Waals surface area contributed by atoms with Gasteiger partial charge in [0.2, 0.25) is 11.8 Å². The van der Waals surface area contributed by atoms with Crippen molar-refractivity contribution in [2.45, 2.75) is 74.8 Å². The minimum Gasteiger partial charge on any atom is -0.351 e. The second-order valence-electron chi connectivity index (χ2n) is 8.54. The summed E-state index contributed by atoms with van der Waals surface area (Å²) in [5, 5.41) is 0.871. The molecule has 0 spiro atoms. The molecule has 0 bridgehead atoms. The van der Waals surface area contributed by atoms with Crippen LogP contribution in [0.1, 0.15) is 33.1 Å². The highest BCUT2D eigenvalue weighted by Crippen LogP contribution is 2.62. The molecule has 5 nitrogen and oxygen atoms in total. The molecular weight excluding hydrogens is 589 g/mol. The molecule has 1 saturated heterocycles. The number of nitrogens with one attached hydrogen (secondary N) is 1. The molecular formula is C19H19F15N2O3. The maximum atomic E-state index is 13.8. The Hall–Kier alpha value is -2.44. The first-order valence-electron chi connectivity index (χ1n) is 10.7. The lowest BCUT2D eigenvalue weighted by Gasteiger charge is -2.41. The summed E-state index contributed by atoms with van der Waals surface area (Å²) < 4.78 is 197. The van der Waals surface area contributed by atoms with Crippen molar-refractivity contribution in [1.29, 1.82) is 0 Å². The molecule has 1 heterocycles. The summed E-state index contributed by atoms with van der Waals surface area (Å²) in [5.74, 6) is -54.4. The standard InChI is InChI=1S/C19H19F15N2O3/c1-3-9-8(2)10(37)36(11(9)38)7-5-4-6-35-12(39)13(20,21)14(22,23)15(24,25)16(26,27)17(28,29)18(30,31)19(32,33)34/h8-9H,3-7H2,1-2H3,(H,35,39). The third-order valence-electron chi connectivity index (χ3n) is 5.99. The summed E-state index contributed by atoms with van der Waals surface area (Å²) in [5.41, 5.74) is 0. The molecule has 2 unspecified atom stereocenters. The van der Waals surface area contributed by atoms with Gasteiger partial charge in [-0.15, -0.1) is 0 Å². The number of rotatable bonds is 12. The molecule has 0 aliphatic carbocycles. The number of hydrogen-bond acceptors (Lipinski definition) is 3. The zero-order valence-corrected chi connectivity index (χ0v) is 19.5. The fraction of sp³-hybridized carbons (Fsp3) is 0.842. The predicted molar refractivity (Wildman–Crippen MR) is 97.6 cm³/mol. The largest absolute Gasteiger partial charge is 0.460 e. The molecule has 0 aromatic heterocycles. The van der Waals surface area contributed by atoms with Crippen molar-refractivity contribution < 1.29 is 80.2 Å². The molecule has 1 N–H and O–H groups in total. The van der Waals surface area contributed by atoms with Crippen LogP contribution in [0.5, 0.6) is 0 Å². The lowest BCUT2D eigenvalue weighted by atomic mass is 9.91. The molecule has 1 aliphatic heterocycles. The van der Waals surface area contributed by atoms with Crippen molar-refractivity contribution in [2.24, 2.45) is 11.8 Å². The maximum Gasteiger partial charge on any atom is 0.460 e. The lowest BCUT2D eigenvalue weighted by molar-refractivity contribution is -0.449. The van der Waals surface area contributed by atoms with Crippen LogP contribution in [-0.2, 0) is 14.4 Å². The van der Waals surface area contributed by atoms with Crippen LogP contribution in [0, 0.1) is 11.8 Å². The van der Waals surface area contributed by atoms with Crippen LogP contribution in [-0.4, -0.2) is 77.4 Å². The SMILES string of the molecule is CCC1C(=O)N(CCCCNC(=O)C(F)(F)C(F)(F)C(F)(F)C(F)(F)C(F)(F)C(F)(F)C(F)(F)F)C(=O)C1C. The molecule has 1 rings (SSSR count). The van der Waals surface area contributed by atoms with E-state index in [0.29, 0.717) is 0 Å². The number of likely N-dealkylation sites (tertiary alicyclic amines) is 1. The number of halogens is 15. The summed E-state index contributed by atoms with van der Waals surface area (Å²) >= 11 is 0. The van der Waals surface area contributed by atoms with Crippen LogP contribution in [0.4, 0.5) is 65.9 Å². The van der Waals surface area contributed by atoms with E-state index in [2.05, 4.69) is 0 Å². The maximum absolute atomic E-state index is 13.8. The van der Waals surface area contributed by atoms with Crippen molar-refractivity contribution in [1.82, 2.24) is 10.2 Å². The Bertz CT molecular complexity index is 949. The van der Waals surface area contributed by atoms with Crippen LogP contribution >= 0.6 is 0 Å². The van der Waals surface area contributed by atoms with Crippen LogP contribution in [0.3, 0.4) is 0 Å². The molecule has 1 fully saturated rings. The van der Waals surface area contributed by atoms with Gasteiger partial charge in [0.15, 0.2) is 0 Å². The number of imide groups is 1. The van der Waals surface area contributed by atoms with Crippen LogP contribution in [0.15, 0.2) is 0 Å². The zero-order chi connectivity index (χ0) is 31.2. The van der Waals surface area contributed by atoms with Gasteiger partial charge in [-0.2, -0.15) is 65.9 Å². The highest BCUT2D eigenvalue weighted by Gasteiger charge is 2.94. The molecule has 228 valence electrons. The number of carbonyl (C=O) groups excluding carboxylic acids is 3. The average molecular weight is 608 g/mol. The first-order chi connectivity index (χ1) is 17.2. The fourth-order valence-corrected chi connectivity index (χ4v) is 3.51. The minimum absolute atomic E-state index is 0.283. The summed E-state index contributed by atoms with van der Waals surface area (Å²) in [6.45, 7) is 1.55. The quantitative estimate of drug-likeness (QED) is 0.186. The van der Waals surface area contributed by atoms with Crippen molar-refractivity contribution in [3.05, 3.63) is 0 Å². The second-order valence-corrected chi connectivity index (χ2v) is 8.54. The lowest BCUT2D eigenvalue weighted by Crippen LogP contribution is -2.74. The summed E-state index contributed by atoms with van der Waals surface area (Å²) in [6.07, 6.45) is -8.26. The summed E-state index contributed by atoms with van der Waals surface area (Å²) in [4.78, 5) is 36.3. The van der Waals surface area contributed by atoms with Crippen LogP contribution < -0.4 is 5.32 Å². The van der Waals surface area contributed by atoms with E-state index >= 15 is 0 Å². The number of unbranched alkanes of at least 4 members (excludes halogenated alkanes) is 1. The highest BCUT2D eigenvalue weighted by atomic mass is 19.4. The smallest absolute Gasteiger partial charge is 0.351 e. The Morgan fingerprint density at radius 2 is 1.15 bits per heavy atom. The van der Waals surface area contributed by atoms with E-state index in [9.17, 15) is 80.2 Å². The third-order valence-corrected chi connectivity index (χ3v) is 5.99. The van der Waals surface area contributed by atoms with E-state index in [1.54, 1.807) is 6.92 Å². The van der Waals surface area contributed by atoms with Gasteiger partial charge in [0.1, 0.15) is 0 Å². The van der Waals surface area contributed by atoms with Gasteiger partial charge in [-0.1, -0.05) is 13.8 Å². The Morgan fingerprint density at radius 3 is 1.56 bits per heavy atom. The first-order valence-corrected chi connectivity index (χ1v) is 10.7. The van der Waals surface area contributed by atoms with Gasteiger partial charge in [0, 0.05) is 24.9 Å². The Kier molecular flexibility index (Phi) is 9.32. The molecule has 2 atom stereocenters. The average Bonchev–Trinajstić information content (AvgIpc) is 2.99. The number of nitrogens with zero attached hydrogens (tertiary/aromatic N) is 1. The minimum atomic E-state index is -8.48. The molecule has 0 aromatic rings. The van der Waals surface area contributed by atoms with Crippen molar-refractivity contribution in [3.8, 4) is 0 Å². The molecule has 3 amide bonds. The van der Waals surface area contributed by atoms with Crippen LogP contribution in [0.2, 0.25) is 0 Å². The van der Waals surface area contributed by atoms with Gasteiger partial charge >= 0.3 is 41.7 Å². The van der Waals surface area contributed by atoms with Gasteiger partial charge < -0.3 is 5.32 Å². The van der Waals surface area contributed by atoms with Crippen molar-refractivity contribution >= 4 is 17.7 Å². The van der Waals surface area contributed by atoms with Gasteiger partial charge in [0.05, 0.1) is 0 Å². The fourth-order valence-electron chi connectivity index (χ4n) is 3.51. The molecule has 39 heavy (non-hydrogen) atoms. The molecule has 0 saturated carbocycles. The molecule has 1 aliphatic rings. The van der Waals surface area contributed by atoms with Gasteiger partial charge in [-0.05, 0) is 19.3 Å². The monoisotopic (exact) mass is 608 g/mol. The van der Waals surface area contributed by atoms with Crippen molar-refractivity contribution in [2.75, 3.05) is 13.1 Å². The topological polar surface area (TPSA) is 66.5 Å². The first kappa shape index (κ1) is 34.6. The van der Waals surface area contributed by atoms with Crippen molar-refractivity contribution in [3.63, 3.8) is 0 Å². The van der Waals surface area contributed by atoms with Crippen LogP contribution in [0.25, 0.3) is 0 Å². The summed E-state index contributed by atoms with van der Waals surface area (Å²) in [7, 11) is 0. The highest BCUT2D eigenvalue weighted by molar-refractivity contribution is 6.04. The van der Waals surface area contributed by atoms with E-state index in [1.165, 1.54) is 6.92 Å². The Morgan fingerprint density at radius 1 is 0.718 bits per heavy atom. The van der Waals surface area contributed by atoms with E-state index < -0.39 is 84.2 Å². The predicted octanol–water partition coefficient (Wildman–Crippen LogP) is 5.29. The van der Waals surface area contributed by atoms with Gasteiger partial charge in [-0.3, -0.25) is 19.3 Å².